The van der Waals surface area contributed by atoms with Gasteiger partial charge in [0.1, 0.15) is 11.5 Å². The normalized spacial score (nSPS) is 10.3. The third-order valence-corrected chi connectivity index (χ3v) is 2.93. The van der Waals surface area contributed by atoms with E-state index in [2.05, 4.69) is 4.98 Å². The minimum atomic E-state index is 0.620. The molecule has 1 aromatic heterocycles. The lowest BCUT2D eigenvalue weighted by Crippen LogP contribution is -2.01. The highest BCUT2D eigenvalue weighted by Crippen LogP contribution is 2.33. The number of anilines is 1. The van der Waals surface area contributed by atoms with Crippen LogP contribution < -0.4 is 15.2 Å². The molecule has 0 bridgehead atoms. The van der Waals surface area contributed by atoms with E-state index in [4.69, 9.17) is 15.2 Å². The van der Waals surface area contributed by atoms with Gasteiger partial charge in [-0.05, 0) is 19.1 Å². The van der Waals surface area contributed by atoms with Crippen LogP contribution in [0.4, 0.5) is 5.69 Å². The van der Waals surface area contributed by atoms with E-state index >= 15 is 0 Å². The monoisotopic (exact) mass is 258 g/mol. The molecular formula is C15H18N2O2. The fourth-order valence-corrected chi connectivity index (χ4v) is 2.06. The first-order valence-electron chi connectivity index (χ1n) is 6.07. The summed E-state index contributed by atoms with van der Waals surface area (Å²) in [5.74, 6) is 1.44. The molecule has 1 aromatic carbocycles. The maximum atomic E-state index is 5.82. The lowest BCUT2D eigenvalue weighted by molar-refractivity contribution is 0.387. The first kappa shape index (κ1) is 13.2. The number of nitrogens with zero attached hydrogens (tertiary/aromatic N) is 1. The number of hydrogen-bond donors (Lipinski definition) is 1. The maximum absolute atomic E-state index is 5.82. The number of ether oxygens (including phenoxy) is 2. The Hall–Kier alpha value is -2.23. The SMILES string of the molecule is COc1cc(N)cc(OC)c1Cc1cccc(C)n1. The minimum Gasteiger partial charge on any atom is -0.496 e. The Balaban J connectivity index is 2.43. The summed E-state index contributed by atoms with van der Waals surface area (Å²) in [7, 11) is 3.25. The number of rotatable bonds is 4. The lowest BCUT2D eigenvalue weighted by atomic mass is 10.1. The van der Waals surface area contributed by atoms with Gasteiger partial charge in [0.2, 0.25) is 0 Å². The number of pyridine rings is 1. The summed E-state index contributed by atoms with van der Waals surface area (Å²) in [6.07, 6.45) is 0.647. The van der Waals surface area contributed by atoms with Gasteiger partial charge in [-0.25, -0.2) is 0 Å². The first-order valence-corrected chi connectivity index (χ1v) is 6.07. The quantitative estimate of drug-likeness (QED) is 0.856. The third-order valence-electron chi connectivity index (χ3n) is 2.93. The summed E-state index contributed by atoms with van der Waals surface area (Å²) in [6, 6.07) is 9.55. The molecule has 0 amide bonds. The van der Waals surface area contributed by atoms with Crippen molar-refractivity contribution in [2.45, 2.75) is 13.3 Å². The number of nitrogen functional groups attached to an aromatic ring is 1. The van der Waals surface area contributed by atoms with E-state index in [9.17, 15) is 0 Å². The topological polar surface area (TPSA) is 57.4 Å². The van der Waals surface area contributed by atoms with Crippen LogP contribution in [0.15, 0.2) is 30.3 Å². The molecule has 0 aliphatic carbocycles. The molecule has 0 aliphatic heterocycles. The van der Waals surface area contributed by atoms with E-state index in [1.165, 1.54) is 0 Å². The molecule has 0 saturated carbocycles. The highest BCUT2D eigenvalue weighted by atomic mass is 16.5. The molecule has 1 heterocycles. The Labute approximate surface area is 113 Å². The third kappa shape index (κ3) is 2.96. The Morgan fingerprint density at radius 3 is 2.26 bits per heavy atom. The van der Waals surface area contributed by atoms with Crippen molar-refractivity contribution < 1.29 is 9.47 Å². The molecule has 100 valence electrons. The van der Waals surface area contributed by atoms with Crippen LogP contribution in [0.1, 0.15) is 17.0 Å². The van der Waals surface area contributed by atoms with E-state index in [-0.39, 0.29) is 0 Å². The number of hydrogen-bond acceptors (Lipinski definition) is 4. The Bertz CT molecular complexity index is 557. The second kappa shape index (κ2) is 5.61. The summed E-state index contributed by atoms with van der Waals surface area (Å²) < 4.78 is 10.8. The summed E-state index contributed by atoms with van der Waals surface area (Å²) in [4.78, 5) is 4.50. The molecule has 2 N–H and O–H groups in total. The van der Waals surface area contributed by atoms with E-state index in [1.807, 2.05) is 25.1 Å². The van der Waals surface area contributed by atoms with Crippen LogP contribution in [0.5, 0.6) is 11.5 Å². The lowest BCUT2D eigenvalue weighted by Gasteiger charge is -2.14. The predicted molar refractivity (Wildman–Crippen MR) is 75.7 cm³/mol. The van der Waals surface area contributed by atoms with Crippen molar-refractivity contribution >= 4 is 5.69 Å². The number of aromatic nitrogens is 1. The molecule has 19 heavy (non-hydrogen) atoms. The second-order valence-electron chi connectivity index (χ2n) is 4.35. The summed E-state index contributed by atoms with van der Waals surface area (Å²) in [6.45, 7) is 1.97. The largest absolute Gasteiger partial charge is 0.496 e. The van der Waals surface area contributed by atoms with Gasteiger partial charge in [0.15, 0.2) is 0 Å². The summed E-state index contributed by atoms with van der Waals surface area (Å²) in [5, 5.41) is 0. The molecule has 0 radical (unpaired) electrons. The van der Waals surface area contributed by atoms with Crippen molar-refractivity contribution in [2.24, 2.45) is 0 Å². The van der Waals surface area contributed by atoms with E-state index in [0.717, 1.165) is 28.5 Å². The van der Waals surface area contributed by atoms with Crippen molar-refractivity contribution in [3.05, 3.63) is 47.3 Å². The van der Waals surface area contributed by atoms with E-state index in [1.54, 1.807) is 26.4 Å². The highest BCUT2D eigenvalue weighted by Gasteiger charge is 2.13. The van der Waals surface area contributed by atoms with Crippen LogP contribution in [0.3, 0.4) is 0 Å². The van der Waals surface area contributed by atoms with Gasteiger partial charge in [-0.2, -0.15) is 0 Å². The summed E-state index contributed by atoms with van der Waals surface area (Å²) in [5.41, 5.74) is 9.36. The molecule has 0 aliphatic rings. The predicted octanol–water partition coefficient (Wildman–Crippen LogP) is 2.58. The van der Waals surface area contributed by atoms with Crippen LogP contribution in [0.2, 0.25) is 0 Å². The van der Waals surface area contributed by atoms with Gasteiger partial charge >= 0.3 is 0 Å². The molecule has 0 spiro atoms. The van der Waals surface area contributed by atoms with Crippen LogP contribution in [-0.4, -0.2) is 19.2 Å². The summed E-state index contributed by atoms with van der Waals surface area (Å²) >= 11 is 0. The van der Waals surface area contributed by atoms with Gasteiger partial charge in [0, 0.05) is 41.2 Å². The fourth-order valence-electron chi connectivity index (χ4n) is 2.06. The van der Waals surface area contributed by atoms with Gasteiger partial charge in [-0.15, -0.1) is 0 Å². The van der Waals surface area contributed by atoms with Gasteiger partial charge in [-0.3, -0.25) is 4.98 Å². The van der Waals surface area contributed by atoms with E-state index < -0.39 is 0 Å². The van der Waals surface area contributed by atoms with Crippen molar-refractivity contribution in [1.82, 2.24) is 4.98 Å². The molecular weight excluding hydrogens is 240 g/mol. The molecule has 0 saturated heterocycles. The highest BCUT2D eigenvalue weighted by molar-refractivity contribution is 5.57. The van der Waals surface area contributed by atoms with Crippen LogP contribution in [0, 0.1) is 6.92 Å². The number of aryl methyl sites for hydroxylation is 1. The zero-order valence-corrected chi connectivity index (χ0v) is 11.4. The van der Waals surface area contributed by atoms with Crippen molar-refractivity contribution in [1.29, 1.82) is 0 Å². The Kier molecular flexibility index (Phi) is 3.90. The Morgan fingerprint density at radius 2 is 1.74 bits per heavy atom. The van der Waals surface area contributed by atoms with Crippen LogP contribution in [-0.2, 0) is 6.42 Å². The van der Waals surface area contributed by atoms with Crippen LogP contribution >= 0.6 is 0 Å². The standard InChI is InChI=1S/C15H18N2O2/c1-10-5-4-6-12(17-10)9-13-14(18-2)7-11(16)8-15(13)19-3/h4-8H,9,16H2,1-3H3. The second-order valence-corrected chi connectivity index (χ2v) is 4.35. The minimum absolute atomic E-state index is 0.620. The van der Waals surface area contributed by atoms with Gasteiger partial charge in [-0.1, -0.05) is 6.07 Å². The van der Waals surface area contributed by atoms with E-state index in [0.29, 0.717) is 12.1 Å². The number of nitrogens with two attached hydrogens (primary N) is 1. The molecule has 4 nitrogen and oxygen atoms in total. The molecule has 0 unspecified atom stereocenters. The maximum Gasteiger partial charge on any atom is 0.128 e. The number of methoxy groups -OCH3 is 2. The first-order chi connectivity index (χ1) is 9.13. The zero-order valence-electron chi connectivity index (χ0n) is 11.4. The molecule has 0 fully saturated rings. The van der Waals surface area contributed by atoms with Crippen molar-refractivity contribution in [3.63, 3.8) is 0 Å². The smallest absolute Gasteiger partial charge is 0.128 e. The fraction of sp³-hybridized carbons (Fsp3) is 0.267. The van der Waals surface area contributed by atoms with Gasteiger partial charge in [0.05, 0.1) is 14.2 Å². The molecule has 0 atom stereocenters. The van der Waals surface area contributed by atoms with Crippen molar-refractivity contribution in [2.75, 3.05) is 20.0 Å². The van der Waals surface area contributed by atoms with Crippen LogP contribution in [0.25, 0.3) is 0 Å². The Morgan fingerprint density at radius 1 is 1.11 bits per heavy atom. The average Bonchev–Trinajstić information content (AvgIpc) is 2.40. The van der Waals surface area contributed by atoms with Gasteiger partial charge < -0.3 is 15.2 Å². The van der Waals surface area contributed by atoms with Crippen molar-refractivity contribution in [3.8, 4) is 11.5 Å². The zero-order chi connectivity index (χ0) is 13.8. The molecule has 2 aromatic rings. The number of benzene rings is 1. The molecule has 2 rings (SSSR count). The average molecular weight is 258 g/mol. The van der Waals surface area contributed by atoms with Gasteiger partial charge in [0.25, 0.3) is 0 Å². The molecule has 4 heteroatoms.